The molecule has 1 unspecified atom stereocenters. The number of hydrogen-bond acceptors (Lipinski definition) is 5. The molecule has 1 aliphatic heterocycles. The number of aromatic nitrogens is 1. The molecule has 1 saturated heterocycles. The zero-order valence-electron chi connectivity index (χ0n) is 20.7. The Kier molecular flexibility index (Phi) is 7.08. The van der Waals surface area contributed by atoms with Crippen LogP contribution in [0.15, 0.2) is 48.7 Å². The summed E-state index contributed by atoms with van der Waals surface area (Å²) in [5.41, 5.74) is 2.48. The highest BCUT2D eigenvalue weighted by Crippen LogP contribution is 2.53. The lowest BCUT2D eigenvalue weighted by Gasteiger charge is -2.47. The van der Waals surface area contributed by atoms with E-state index in [9.17, 15) is 14.0 Å². The maximum atomic E-state index is 13.6. The molecule has 1 amide bonds. The van der Waals surface area contributed by atoms with Crippen LogP contribution in [0.5, 0.6) is 0 Å². The van der Waals surface area contributed by atoms with E-state index in [0.717, 1.165) is 42.5 Å². The summed E-state index contributed by atoms with van der Waals surface area (Å²) >= 11 is 0. The van der Waals surface area contributed by atoms with Gasteiger partial charge in [0.2, 0.25) is 0 Å². The van der Waals surface area contributed by atoms with Crippen molar-refractivity contribution in [2.24, 2.45) is 29.6 Å². The molecule has 7 heteroatoms. The number of carbonyl (C=O) groups excluding carboxylic acids is 2. The number of fused-ring (bicyclic) bond motifs is 2. The molecule has 5 rings (SSSR count). The lowest BCUT2D eigenvalue weighted by Crippen LogP contribution is -2.48. The summed E-state index contributed by atoms with van der Waals surface area (Å²) in [6.07, 6.45) is 9.07. The van der Waals surface area contributed by atoms with Crippen LogP contribution in [0.25, 0.3) is 17.2 Å². The first kappa shape index (κ1) is 24.5. The fraction of sp³-hybridized carbons (Fsp3) is 0.483. The minimum atomic E-state index is -0.368. The summed E-state index contributed by atoms with van der Waals surface area (Å²) in [5.74, 6) is 0.629. The van der Waals surface area contributed by atoms with Crippen LogP contribution in [0.1, 0.15) is 45.2 Å². The van der Waals surface area contributed by atoms with E-state index in [1.54, 1.807) is 19.2 Å². The standard InChI is InChI=1S/C29H33FN2O4/c1-3-35-29(34)32-23-10-11-24-20(14-23)15-26-27(17(2)36-28(26)33)25(24)12-9-22-8-7-19(16-31-22)18-5-4-6-21(30)13-18/h4-9,12-13,16-17,20,23-27H,3,10-11,14-15H2,1-2H3,(H,32,34)/t17-,20+,23?,24-,25+,26-,27+/m1/s1. The van der Waals surface area contributed by atoms with Gasteiger partial charge < -0.3 is 14.8 Å². The summed E-state index contributed by atoms with van der Waals surface area (Å²) < 4.78 is 24.3. The van der Waals surface area contributed by atoms with Crippen molar-refractivity contribution in [1.29, 1.82) is 0 Å². The number of cyclic esters (lactones) is 1. The average Bonchev–Trinajstić information content (AvgIpc) is 3.15. The summed E-state index contributed by atoms with van der Waals surface area (Å²) in [7, 11) is 0. The number of esters is 1. The van der Waals surface area contributed by atoms with Crippen LogP contribution in [0.2, 0.25) is 0 Å². The molecule has 2 heterocycles. The molecule has 3 fully saturated rings. The second-order valence-corrected chi connectivity index (χ2v) is 10.3. The van der Waals surface area contributed by atoms with Gasteiger partial charge >= 0.3 is 12.1 Å². The molecule has 36 heavy (non-hydrogen) atoms. The number of halogens is 1. The van der Waals surface area contributed by atoms with Crippen molar-refractivity contribution in [2.75, 3.05) is 6.61 Å². The number of benzene rings is 1. The van der Waals surface area contributed by atoms with Gasteiger partial charge in [-0.3, -0.25) is 9.78 Å². The van der Waals surface area contributed by atoms with Crippen molar-refractivity contribution in [3.8, 4) is 11.1 Å². The average molecular weight is 493 g/mol. The minimum absolute atomic E-state index is 0.0679. The largest absolute Gasteiger partial charge is 0.462 e. The van der Waals surface area contributed by atoms with Gasteiger partial charge in [-0.05, 0) is 87.1 Å². The number of alkyl carbamates (subject to hydrolysis) is 1. The summed E-state index contributed by atoms with van der Waals surface area (Å²) in [5, 5.41) is 3.00. The normalized spacial score (nSPS) is 31.4. The highest BCUT2D eigenvalue weighted by atomic mass is 19.1. The van der Waals surface area contributed by atoms with Gasteiger partial charge in [-0.25, -0.2) is 9.18 Å². The molecule has 2 aromatic rings. The van der Waals surface area contributed by atoms with E-state index in [1.807, 2.05) is 31.2 Å². The predicted molar refractivity (Wildman–Crippen MR) is 134 cm³/mol. The second kappa shape index (κ2) is 10.4. The smallest absolute Gasteiger partial charge is 0.407 e. The topological polar surface area (TPSA) is 77.5 Å². The van der Waals surface area contributed by atoms with Crippen LogP contribution >= 0.6 is 0 Å². The van der Waals surface area contributed by atoms with Gasteiger partial charge in [0, 0.05) is 23.7 Å². The number of carbonyl (C=O) groups is 2. The Balaban J connectivity index is 1.34. The van der Waals surface area contributed by atoms with Crippen LogP contribution in [-0.4, -0.2) is 35.8 Å². The first-order chi connectivity index (χ1) is 17.4. The van der Waals surface area contributed by atoms with Crippen LogP contribution in [-0.2, 0) is 14.3 Å². The molecule has 2 aliphatic carbocycles. The monoisotopic (exact) mass is 492 g/mol. The Labute approximate surface area is 211 Å². The quantitative estimate of drug-likeness (QED) is 0.548. The highest BCUT2D eigenvalue weighted by Gasteiger charge is 2.54. The maximum Gasteiger partial charge on any atom is 0.407 e. The van der Waals surface area contributed by atoms with E-state index < -0.39 is 0 Å². The number of nitrogens with one attached hydrogen (secondary N) is 1. The van der Waals surface area contributed by atoms with E-state index >= 15 is 0 Å². The van der Waals surface area contributed by atoms with Crippen molar-refractivity contribution in [1.82, 2.24) is 10.3 Å². The van der Waals surface area contributed by atoms with Crippen LogP contribution in [0.3, 0.4) is 0 Å². The first-order valence-corrected chi connectivity index (χ1v) is 13.0. The molecular weight excluding hydrogens is 459 g/mol. The van der Waals surface area contributed by atoms with E-state index in [1.165, 1.54) is 12.1 Å². The van der Waals surface area contributed by atoms with Crippen LogP contribution in [0, 0.1) is 35.4 Å². The molecule has 0 bridgehead atoms. The zero-order chi connectivity index (χ0) is 25.2. The molecule has 190 valence electrons. The van der Waals surface area contributed by atoms with Gasteiger partial charge in [-0.2, -0.15) is 0 Å². The van der Waals surface area contributed by atoms with E-state index in [2.05, 4.69) is 16.4 Å². The molecule has 7 atom stereocenters. The van der Waals surface area contributed by atoms with Gasteiger partial charge in [0.15, 0.2) is 0 Å². The van der Waals surface area contributed by atoms with Gasteiger partial charge in [0.25, 0.3) is 0 Å². The van der Waals surface area contributed by atoms with E-state index in [0.29, 0.717) is 18.4 Å². The fourth-order valence-electron chi connectivity index (χ4n) is 6.64. The van der Waals surface area contributed by atoms with E-state index in [4.69, 9.17) is 9.47 Å². The predicted octanol–water partition coefficient (Wildman–Crippen LogP) is 5.63. The summed E-state index contributed by atoms with van der Waals surface area (Å²) in [4.78, 5) is 29.2. The van der Waals surface area contributed by atoms with Crippen molar-refractivity contribution in [2.45, 2.75) is 51.7 Å². The number of ether oxygens (including phenoxy) is 2. The molecule has 3 aliphatic rings. The maximum absolute atomic E-state index is 13.6. The zero-order valence-corrected chi connectivity index (χ0v) is 20.7. The van der Waals surface area contributed by atoms with Crippen molar-refractivity contribution < 1.29 is 23.5 Å². The highest BCUT2D eigenvalue weighted by molar-refractivity contribution is 5.75. The molecule has 1 aromatic heterocycles. The molecule has 0 radical (unpaired) electrons. The number of rotatable bonds is 5. The molecule has 0 spiro atoms. The molecule has 1 aromatic carbocycles. The number of hydrogen-bond donors (Lipinski definition) is 1. The Hall–Kier alpha value is -3.22. The first-order valence-electron chi connectivity index (χ1n) is 13.0. The minimum Gasteiger partial charge on any atom is -0.462 e. The number of amides is 1. The SMILES string of the molecule is CCOC(=O)NC1CC[C@@H]2[C@@H](C1)C[C@H]1C(=O)O[C@H](C)[C@H]1[C@H]2C=Cc1ccc(-c2cccc(F)c2)cn1. The van der Waals surface area contributed by atoms with Crippen molar-refractivity contribution in [3.05, 3.63) is 60.2 Å². The molecular formula is C29H33FN2O4. The number of pyridine rings is 1. The van der Waals surface area contributed by atoms with Crippen LogP contribution < -0.4 is 5.32 Å². The molecule has 1 N–H and O–H groups in total. The van der Waals surface area contributed by atoms with Gasteiger partial charge in [-0.15, -0.1) is 0 Å². The van der Waals surface area contributed by atoms with Gasteiger partial charge in [0.05, 0.1) is 18.2 Å². The van der Waals surface area contributed by atoms with Crippen molar-refractivity contribution in [3.63, 3.8) is 0 Å². The second-order valence-electron chi connectivity index (χ2n) is 10.3. The Morgan fingerprint density at radius 3 is 2.83 bits per heavy atom. The summed E-state index contributed by atoms with van der Waals surface area (Å²) in [6, 6.07) is 10.4. The molecule has 2 saturated carbocycles. The van der Waals surface area contributed by atoms with Crippen molar-refractivity contribution >= 4 is 18.1 Å². The fourth-order valence-corrected chi connectivity index (χ4v) is 6.64. The third-order valence-electron chi connectivity index (χ3n) is 8.18. The Morgan fingerprint density at radius 2 is 2.08 bits per heavy atom. The van der Waals surface area contributed by atoms with E-state index in [-0.39, 0.29) is 47.8 Å². The van der Waals surface area contributed by atoms with Gasteiger partial charge in [-0.1, -0.05) is 24.3 Å². The Bertz CT molecular complexity index is 1130. The number of allylic oxidation sites excluding steroid dienone is 1. The van der Waals surface area contributed by atoms with Crippen LogP contribution in [0.4, 0.5) is 9.18 Å². The Morgan fingerprint density at radius 1 is 1.22 bits per heavy atom. The number of nitrogens with zero attached hydrogens (tertiary/aromatic N) is 1. The lowest BCUT2D eigenvalue weighted by molar-refractivity contribution is -0.144. The third kappa shape index (κ3) is 5.01. The van der Waals surface area contributed by atoms with Gasteiger partial charge in [0.1, 0.15) is 11.9 Å². The lowest BCUT2D eigenvalue weighted by atomic mass is 9.57. The third-order valence-corrected chi connectivity index (χ3v) is 8.18. The summed E-state index contributed by atoms with van der Waals surface area (Å²) in [6.45, 7) is 4.15. The molecule has 6 nitrogen and oxygen atoms in total.